The highest BCUT2D eigenvalue weighted by atomic mass is 127. The van der Waals surface area contributed by atoms with E-state index >= 15 is 0 Å². The SMILES string of the molecule is CN=C(NCCc1cccc(Cl)c1)NCc1ccc(OC)c(F)c1.I. The molecule has 0 aliphatic heterocycles. The lowest BCUT2D eigenvalue weighted by Crippen LogP contribution is -2.37. The standard InChI is InChI=1S/C18H21ClFN3O.HI/c1-21-18(22-9-8-13-4-3-5-15(19)10-13)23-12-14-6-7-17(24-2)16(20)11-14;/h3-7,10-11H,8-9,12H2,1-2H3,(H2,21,22,23);1H. The fraction of sp³-hybridized carbons (Fsp3) is 0.278. The molecule has 4 nitrogen and oxygen atoms in total. The van der Waals surface area contributed by atoms with Gasteiger partial charge in [0, 0.05) is 25.2 Å². The summed E-state index contributed by atoms with van der Waals surface area (Å²) in [4.78, 5) is 4.16. The number of halogens is 3. The second-order valence-corrected chi connectivity index (χ2v) is 5.64. The Morgan fingerprint density at radius 2 is 1.96 bits per heavy atom. The fourth-order valence-electron chi connectivity index (χ4n) is 2.24. The second-order valence-electron chi connectivity index (χ2n) is 5.20. The highest BCUT2D eigenvalue weighted by Crippen LogP contribution is 2.17. The predicted octanol–water partition coefficient (Wildman–Crippen LogP) is 4.01. The number of rotatable bonds is 6. The quantitative estimate of drug-likeness (QED) is 0.375. The molecule has 0 bridgehead atoms. The van der Waals surface area contributed by atoms with Crippen LogP contribution in [0.4, 0.5) is 4.39 Å². The lowest BCUT2D eigenvalue weighted by Gasteiger charge is -2.12. The zero-order chi connectivity index (χ0) is 17.4. The molecule has 0 amide bonds. The molecule has 2 aromatic carbocycles. The van der Waals surface area contributed by atoms with E-state index in [0.29, 0.717) is 12.5 Å². The van der Waals surface area contributed by atoms with Crippen molar-refractivity contribution >= 4 is 41.5 Å². The summed E-state index contributed by atoms with van der Waals surface area (Å²) in [5, 5.41) is 7.11. The molecule has 0 atom stereocenters. The van der Waals surface area contributed by atoms with Gasteiger partial charge in [-0.1, -0.05) is 29.8 Å². The first-order chi connectivity index (χ1) is 11.6. The maximum Gasteiger partial charge on any atom is 0.191 e. The predicted molar refractivity (Wildman–Crippen MR) is 112 cm³/mol. The average Bonchev–Trinajstić information content (AvgIpc) is 2.58. The van der Waals surface area contributed by atoms with Gasteiger partial charge in [-0.2, -0.15) is 0 Å². The highest BCUT2D eigenvalue weighted by Gasteiger charge is 2.04. The Kier molecular flexibility index (Phi) is 9.59. The number of hydrogen-bond donors (Lipinski definition) is 2. The van der Waals surface area contributed by atoms with Gasteiger partial charge in [-0.05, 0) is 41.8 Å². The van der Waals surface area contributed by atoms with Crippen LogP contribution in [0.1, 0.15) is 11.1 Å². The van der Waals surface area contributed by atoms with Crippen molar-refractivity contribution in [2.45, 2.75) is 13.0 Å². The zero-order valence-electron chi connectivity index (χ0n) is 14.2. The summed E-state index contributed by atoms with van der Waals surface area (Å²) in [6.07, 6.45) is 0.832. The summed E-state index contributed by atoms with van der Waals surface area (Å²) in [5.74, 6) is 0.525. The number of nitrogens with one attached hydrogen (secondary N) is 2. The molecular formula is C18H22ClFIN3O. The summed E-state index contributed by atoms with van der Waals surface area (Å²) in [5.41, 5.74) is 1.97. The van der Waals surface area contributed by atoms with Crippen LogP contribution in [0, 0.1) is 5.82 Å². The lowest BCUT2D eigenvalue weighted by molar-refractivity contribution is 0.386. The van der Waals surface area contributed by atoms with Crippen molar-refractivity contribution < 1.29 is 9.13 Å². The summed E-state index contributed by atoms with van der Waals surface area (Å²) < 4.78 is 18.6. The Bertz CT molecular complexity index is 712. The van der Waals surface area contributed by atoms with Gasteiger partial charge in [0.15, 0.2) is 17.5 Å². The number of ether oxygens (including phenoxy) is 1. The summed E-state index contributed by atoms with van der Waals surface area (Å²) in [6, 6.07) is 12.6. The average molecular weight is 478 g/mol. The molecule has 0 spiro atoms. The van der Waals surface area contributed by atoms with E-state index in [4.69, 9.17) is 16.3 Å². The molecule has 0 aliphatic carbocycles. The van der Waals surface area contributed by atoms with Crippen LogP contribution in [0.3, 0.4) is 0 Å². The first-order valence-corrected chi connectivity index (χ1v) is 8.01. The van der Waals surface area contributed by atoms with Gasteiger partial charge >= 0.3 is 0 Å². The first-order valence-electron chi connectivity index (χ1n) is 7.63. The molecule has 0 saturated heterocycles. The van der Waals surface area contributed by atoms with Gasteiger partial charge in [0.05, 0.1) is 7.11 Å². The van der Waals surface area contributed by atoms with Gasteiger partial charge in [-0.15, -0.1) is 24.0 Å². The third kappa shape index (κ3) is 7.07. The Labute approximate surface area is 169 Å². The number of hydrogen-bond acceptors (Lipinski definition) is 2. The van der Waals surface area contributed by atoms with Crippen LogP contribution in [-0.2, 0) is 13.0 Å². The second kappa shape index (κ2) is 11.1. The van der Waals surface area contributed by atoms with Crippen LogP contribution in [0.2, 0.25) is 5.02 Å². The minimum absolute atomic E-state index is 0. The zero-order valence-corrected chi connectivity index (χ0v) is 17.3. The maximum absolute atomic E-state index is 13.7. The molecule has 136 valence electrons. The van der Waals surface area contributed by atoms with Crippen molar-refractivity contribution in [3.63, 3.8) is 0 Å². The largest absolute Gasteiger partial charge is 0.494 e. The van der Waals surface area contributed by atoms with Crippen molar-refractivity contribution in [2.24, 2.45) is 4.99 Å². The van der Waals surface area contributed by atoms with Crippen LogP contribution in [0.15, 0.2) is 47.5 Å². The van der Waals surface area contributed by atoms with E-state index in [0.717, 1.165) is 29.1 Å². The summed E-state index contributed by atoms with van der Waals surface area (Å²) in [6.45, 7) is 1.19. The minimum atomic E-state index is -0.374. The lowest BCUT2D eigenvalue weighted by atomic mass is 10.1. The van der Waals surface area contributed by atoms with Crippen molar-refractivity contribution in [3.05, 3.63) is 64.4 Å². The Morgan fingerprint density at radius 3 is 2.60 bits per heavy atom. The molecule has 2 aromatic rings. The topological polar surface area (TPSA) is 45.7 Å². The van der Waals surface area contributed by atoms with Gasteiger partial charge in [0.25, 0.3) is 0 Å². The van der Waals surface area contributed by atoms with Crippen LogP contribution < -0.4 is 15.4 Å². The van der Waals surface area contributed by atoms with Crippen molar-refractivity contribution in [2.75, 3.05) is 20.7 Å². The molecule has 0 heterocycles. The van der Waals surface area contributed by atoms with Gasteiger partial charge < -0.3 is 15.4 Å². The molecule has 2 rings (SSSR count). The number of guanidine groups is 1. The Balaban J connectivity index is 0.00000312. The van der Waals surface area contributed by atoms with E-state index in [2.05, 4.69) is 15.6 Å². The normalized spacial score (nSPS) is 10.8. The van der Waals surface area contributed by atoms with Crippen molar-refractivity contribution in [1.29, 1.82) is 0 Å². The Hall–Kier alpha value is -1.54. The highest BCUT2D eigenvalue weighted by molar-refractivity contribution is 14.0. The van der Waals surface area contributed by atoms with Crippen molar-refractivity contribution in [1.82, 2.24) is 10.6 Å². The molecule has 0 radical (unpaired) electrons. The molecule has 0 aliphatic rings. The molecule has 2 N–H and O–H groups in total. The summed E-state index contributed by atoms with van der Waals surface area (Å²) in [7, 11) is 3.14. The monoisotopic (exact) mass is 477 g/mol. The molecule has 0 fully saturated rings. The molecule has 7 heteroatoms. The minimum Gasteiger partial charge on any atom is -0.494 e. The van der Waals surface area contributed by atoms with Crippen LogP contribution in [-0.4, -0.2) is 26.7 Å². The fourth-order valence-corrected chi connectivity index (χ4v) is 2.46. The van der Waals surface area contributed by atoms with Crippen LogP contribution >= 0.6 is 35.6 Å². The molecule has 25 heavy (non-hydrogen) atoms. The summed E-state index contributed by atoms with van der Waals surface area (Å²) >= 11 is 5.97. The van der Waals surface area contributed by atoms with E-state index in [1.54, 1.807) is 13.1 Å². The molecule has 0 saturated carbocycles. The third-order valence-corrected chi connectivity index (χ3v) is 3.73. The van der Waals surface area contributed by atoms with E-state index in [1.165, 1.54) is 13.2 Å². The van der Waals surface area contributed by atoms with E-state index in [-0.39, 0.29) is 35.5 Å². The number of benzene rings is 2. The first kappa shape index (κ1) is 21.5. The van der Waals surface area contributed by atoms with Gasteiger partial charge in [0.2, 0.25) is 0 Å². The molecule has 0 aromatic heterocycles. The smallest absolute Gasteiger partial charge is 0.191 e. The number of methoxy groups -OCH3 is 1. The van der Waals surface area contributed by atoms with E-state index < -0.39 is 0 Å². The Morgan fingerprint density at radius 1 is 1.16 bits per heavy atom. The van der Waals surface area contributed by atoms with Crippen LogP contribution in [0.25, 0.3) is 0 Å². The van der Waals surface area contributed by atoms with Crippen LogP contribution in [0.5, 0.6) is 5.75 Å². The van der Waals surface area contributed by atoms with Crippen molar-refractivity contribution in [3.8, 4) is 5.75 Å². The maximum atomic E-state index is 13.7. The van der Waals surface area contributed by atoms with Gasteiger partial charge in [-0.3, -0.25) is 4.99 Å². The number of aliphatic imine (C=N–C) groups is 1. The number of nitrogens with zero attached hydrogens (tertiary/aromatic N) is 1. The van der Waals surface area contributed by atoms with E-state index in [1.807, 2.05) is 30.3 Å². The molecular weight excluding hydrogens is 456 g/mol. The van der Waals surface area contributed by atoms with Gasteiger partial charge in [0.1, 0.15) is 0 Å². The van der Waals surface area contributed by atoms with Gasteiger partial charge in [-0.25, -0.2) is 4.39 Å². The molecule has 0 unspecified atom stereocenters. The third-order valence-electron chi connectivity index (χ3n) is 3.49. The van der Waals surface area contributed by atoms with E-state index in [9.17, 15) is 4.39 Å².